The van der Waals surface area contributed by atoms with Crippen LogP contribution in [0.2, 0.25) is 0 Å². The number of phenols is 1. The van der Waals surface area contributed by atoms with Gasteiger partial charge in [-0.25, -0.2) is 0 Å². The topological polar surface area (TPSA) is 32.3 Å². The maximum Gasteiger partial charge on any atom is 0.116 e. The van der Waals surface area contributed by atoms with Crippen LogP contribution in [-0.2, 0) is 13.0 Å². The van der Waals surface area contributed by atoms with E-state index in [1.807, 2.05) is 12.1 Å². The zero-order valence-electron chi connectivity index (χ0n) is 9.61. The highest BCUT2D eigenvalue weighted by Gasteiger charge is 2.09. The molecule has 0 radical (unpaired) electrons. The van der Waals surface area contributed by atoms with Gasteiger partial charge in [-0.1, -0.05) is 24.3 Å². The first-order valence-electron chi connectivity index (χ1n) is 5.95. The van der Waals surface area contributed by atoms with Crippen LogP contribution < -0.4 is 5.32 Å². The summed E-state index contributed by atoms with van der Waals surface area (Å²) in [5.41, 5.74) is 5.05. The average molecular weight is 225 g/mol. The van der Waals surface area contributed by atoms with Crippen LogP contribution in [0, 0.1) is 0 Å². The van der Waals surface area contributed by atoms with Gasteiger partial charge in [0.05, 0.1) is 0 Å². The van der Waals surface area contributed by atoms with Gasteiger partial charge in [0, 0.05) is 6.54 Å². The summed E-state index contributed by atoms with van der Waals surface area (Å²) in [7, 11) is 0. The quantitative estimate of drug-likeness (QED) is 0.782. The van der Waals surface area contributed by atoms with Crippen LogP contribution in [0.1, 0.15) is 11.1 Å². The molecule has 0 fully saturated rings. The van der Waals surface area contributed by atoms with E-state index in [-0.39, 0.29) is 0 Å². The van der Waals surface area contributed by atoms with Gasteiger partial charge < -0.3 is 10.4 Å². The predicted octanol–water partition coefficient (Wildman–Crippen LogP) is 2.70. The summed E-state index contributed by atoms with van der Waals surface area (Å²) in [4.78, 5) is 0. The summed E-state index contributed by atoms with van der Waals surface area (Å²) < 4.78 is 0. The highest BCUT2D eigenvalue weighted by atomic mass is 16.3. The summed E-state index contributed by atoms with van der Waals surface area (Å²) in [6.45, 7) is 2.01. The maximum atomic E-state index is 9.50. The second-order valence-corrected chi connectivity index (χ2v) is 4.46. The largest absolute Gasteiger partial charge is 0.508 e. The Kier molecular flexibility index (Phi) is 2.57. The number of nitrogens with one attached hydrogen (secondary N) is 1. The third-order valence-electron chi connectivity index (χ3n) is 3.27. The summed E-state index contributed by atoms with van der Waals surface area (Å²) in [6, 6.07) is 14.0. The Labute approximate surface area is 101 Å². The molecular formula is C15H15NO. The number of fused-ring (bicyclic) bond motifs is 1. The molecule has 0 aliphatic carbocycles. The van der Waals surface area contributed by atoms with Crippen molar-refractivity contribution in [1.82, 2.24) is 5.32 Å². The molecule has 0 atom stereocenters. The van der Waals surface area contributed by atoms with Gasteiger partial charge in [-0.05, 0) is 53.4 Å². The molecule has 0 spiro atoms. The molecule has 0 saturated heterocycles. The standard InChI is InChI=1S/C15H15NO/c17-15-3-1-2-12(9-15)13-5-4-11-6-7-16-10-14(11)8-13/h1-5,8-9,16-17H,6-7,10H2. The van der Waals surface area contributed by atoms with E-state index in [4.69, 9.17) is 0 Å². The first-order chi connectivity index (χ1) is 8.33. The normalized spacial score (nSPS) is 14.4. The number of hydrogen-bond donors (Lipinski definition) is 2. The number of rotatable bonds is 1. The van der Waals surface area contributed by atoms with Gasteiger partial charge in [0.15, 0.2) is 0 Å². The summed E-state index contributed by atoms with van der Waals surface area (Å²) in [6.07, 6.45) is 1.11. The summed E-state index contributed by atoms with van der Waals surface area (Å²) in [5, 5.41) is 12.9. The molecule has 2 N–H and O–H groups in total. The molecule has 1 heterocycles. The fourth-order valence-corrected chi connectivity index (χ4v) is 2.35. The molecule has 2 heteroatoms. The number of phenolic OH excluding ortho intramolecular Hbond substituents is 1. The van der Waals surface area contributed by atoms with Crippen molar-refractivity contribution in [3.8, 4) is 16.9 Å². The van der Waals surface area contributed by atoms with Crippen molar-refractivity contribution in [1.29, 1.82) is 0 Å². The Morgan fingerprint density at radius 1 is 0.941 bits per heavy atom. The lowest BCUT2D eigenvalue weighted by atomic mass is 9.95. The number of aromatic hydroxyl groups is 1. The summed E-state index contributed by atoms with van der Waals surface area (Å²) in [5.74, 6) is 0.318. The van der Waals surface area contributed by atoms with E-state index in [1.165, 1.54) is 16.7 Å². The number of benzene rings is 2. The van der Waals surface area contributed by atoms with Crippen molar-refractivity contribution in [2.75, 3.05) is 6.54 Å². The van der Waals surface area contributed by atoms with Gasteiger partial charge in [-0.3, -0.25) is 0 Å². The second-order valence-electron chi connectivity index (χ2n) is 4.46. The fraction of sp³-hybridized carbons (Fsp3) is 0.200. The molecule has 2 aromatic carbocycles. The SMILES string of the molecule is Oc1cccc(-c2ccc3c(c2)CNCC3)c1. The Morgan fingerprint density at radius 2 is 1.82 bits per heavy atom. The smallest absolute Gasteiger partial charge is 0.116 e. The molecule has 1 aliphatic heterocycles. The maximum absolute atomic E-state index is 9.50. The van der Waals surface area contributed by atoms with Gasteiger partial charge >= 0.3 is 0 Å². The van der Waals surface area contributed by atoms with E-state index in [9.17, 15) is 5.11 Å². The predicted molar refractivity (Wildman–Crippen MR) is 69.0 cm³/mol. The van der Waals surface area contributed by atoms with Gasteiger partial charge in [-0.2, -0.15) is 0 Å². The molecule has 1 aliphatic rings. The van der Waals surface area contributed by atoms with Crippen LogP contribution in [0.4, 0.5) is 0 Å². The van der Waals surface area contributed by atoms with Crippen LogP contribution in [-0.4, -0.2) is 11.7 Å². The highest BCUT2D eigenvalue weighted by Crippen LogP contribution is 2.26. The molecule has 2 nitrogen and oxygen atoms in total. The van der Waals surface area contributed by atoms with E-state index in [0.29, 0.717) is 5.75 Å². The Hall–Kier alpha value is -1.80. The van der Waals surface area contributed by atoms with Crippen molar-refractivity contribution in [3.05, 3.63) is 53.6 Å². The van der Waals surface area contributed by atoms with Gasteiger partial charge in [0.1, 0.15) is 5.75 Å². The van der Waals surface area contributed by atoms with Crippen molar-refractivity contribution in [2.24, 2.45) is 0 Å². The lowest BCUT2D eigenvalue weighted by Gasteiger charge is -2.18. The molecule has 0 amide bonds. The fourth-order valence-electron chi connectivity index (χ4n) is 2.35. The zero-order valence-corrected chi connectivity index (χ0v) is 9.61. The zero-order chi connectivity index (χ0) is 11.7. The number of hydrogen-bond acceptors (Lipinski definition) is 2. The molecule has 0 saturated carbocycles. The Bertz CT molecular complexity index is 548. The van der Waals surface area contributed by atoms with Crippen molar-refractivity contribution in [2.45, 2.75) is 13.0 Å². The van der Waals surface area contributed by atoms with Crippen molar-refractivity contribution >= 4 is 0 Å². The highest BCUT2D eigenvalue weighted by molar-refractivity contribution is 5.66. The minimum atomic E-state index is 0.318. The first kappa shape index (κ1) is 10.4. The lowest BCUT2D eigenvalue weighted by Crippen LogP contribution is -2.23. The minimum absolute atomic E-state index is 0.318. The second kappa shape index (κ2) is 4.22. The van der Waals surface area contributed by atoms with Crippen LogP contribution in [0.15, 0.2) is 42.5 Å². The molecule has 86 valence electrons. The van der Waals surface area contributed by atoms with E-state index >= 15 is 0 Å². The van der Waals surface area contributed by atoms with Gasteiger partial charge in [0.25, 0.3) is 0 Å². The van der Waals surface area contributed by atoms with Crippen LogP contribution >= 0.6 is 0 Å². The molecular weight excluding hydrogens is 210 g/mol. The van der Waals surface area contributed by atoms with Gasteiger partial charge in [-0.15, -0.1) is 0 Å². The lowest BCUT2D eigenvalue weighted by molar-refractivity contribution is 0.475. The van der Waals surface area contributed by atoms with Gasteiger partial charge in [0.2, 0.25) is 0 Å². The molecule has 0 aromatic heterocycles. The Morgan fingerprint density at radius 3 is 2.71 bits per heavy atom. The molecule has 0 bridgehead atoms. The molecule has 2 aromatic rings. The monoisotopic (exact) mass is 225 g/mol. The van der Waals surface area contributed by atoms with Crippen molar-refractivity contribution < 1.29 is 5.11 Å². The van der Waals surface area contributed by atoms with Crippen LogP contribution in [0.3, 0.4) is 0 Å². The van der Waals surface area contributed by atoms with Crippen LogP contribution in [0.25, 0.3) is 11.1 Å². The van der Waals surface area contributed by atoms with E-state index in [0.717, 1.165) is 25.1 Å². The van der Waals surface area contributed by atoms with E-state index < -0.39 is 0 Å². The van der Waals surface area contributed by atoms with Crippen LogP contribution in [0.5, 0.6) is 5.75 Å². The summed E-state index contributed by atoms with van der Waals surface area (Å²) >= 11 is 0. The average Bonchev–Trinajstić information content (AvgIpc) is 2.38. The third-order valence-corrected chi connectivity index (χ3v) is 3.27. The molecule has 0 unspecified atom stereocenters. The van der Waals surface area contributed by atoms with E-state index in [1.54, 1.807) is 12.1 Å². The minimum Gasteiger partial charge on any atom is -0.508 e. The van der Waals surface area contributed by atoms with E-state index in [2.05, 4.69) is 23.5 Å². The van der Waals surface area contributed by atoms with Crippen molar-refractivity contribution in [3.63, 3.8) is 0 Å². The molecule has 17 heavy (non-hydrogen) atoms. The molecule has 3 rings (SSSR count). The Balaban J connectivity index is 2.04. The first-order valence-corrected chi connectivity index (χ1v) is 5.95. The third kappa shape index (κ3) is 2.04.